The molecule has 6 nitrogen and oxygen atoms in total. The largest absolute Gasteiger partial charge is 0.384 e. The average Bonchev–Trinajstić information content (AvgIpc) is 3.21. The zero-order valence-electron chi connectivity index (χ0n) is 18.2. The lowest BCUT2D eigenvalue weighted by atomic mass is 9.85. The number of carbonyl (C=O) groups is 1. The van der Waals surface area contributed by atoms with Crippen molar-refractivity contribution in [1.29, 1.82) is 0 Å². The van der Waals surface area contributed by atoms with Gasteiger partial charge in [0.25, 0.3) is 0 Å². The summed E-state index contributed by atoms with van der Waals surface area (Å²) < 4.78 is 2.01. The predicted molar refractivity (Wildman–Crippen MR) is 124 cm³/mol. The Balaban J connectivity index is 1.85. The molecule has 3 N–H and O–H groups in total. The highest BCUT2D eigenvalue weighted by Crippen LogP contribution is 2.37. The van der Waals surface area contributed by atoms with E-state index in [-0.39, 0.29) is 0 Å². The quantitative estimate of drug-likeness (QED) is 0.421. The summed E-state index contributed by atoms with van der Waals surface area (Å²) in [5.74, 6) is 0.120. The molecule has 0 aliphatic rings. The highest BCUT2D eigenvalue weighted by Gasteiger charge is 2.38. The van der Waals surface area contributed by atoms with E-state index in [0.29, 0.717) is 18.9 Å². The van der Waals surface area contributed by atoms with Gasteiger partial charge in [-0.25, -0.2) is 4.98 Å². The van der Waals surface area contributed by atoms with Gasteiger partial charge in [-0.1, -0.05) is 66.7 Å². The number of imidazole rings is 1. The maximum absolute atomic E-state index is 12.2. The molecule has 4 rings (SSSR count). The van der Waals surface area contributed by atoms with Crippen LogP contribution in [0.3, 0.4) is 0 Å². The molecule has 0 saturated carbocycles. The lowest BCUT2D eigenvalue weighted by Crippen LogP contribution is -2.32. The fourth-order valence-corrected chi connectivity index (χ4v) is 4.00. The second kappa shape index (κ2) is 8.94. The topological polar surface area (TPSA) is 87.4 Å². The summed E-state index contributed by atoms with van der Waals surface area (Å²) in [5.41, 5.74) is 2.56. The van der Waals surface area contributed by atoms with Gasteiger partial charge in [-0.3, -0.25) is 4.79 Å². The minimum absolute atomic E-state index is 0.297. The van der Waals surface area contributed by atoms with Gasteiger partial charge < -0.3 is 20.1 Å². The molecule has 4 aromatic rings. The van der Waals surface area contributed by atoms with Crippen molar-refractivity contribution < 1.29 is 15.0 Å². The molecule has 6 heteroatoms. The van der Waals surface area contributed by atoms with Gasteiger partial charge in [0.15, 0.2) is 11.4 Å². The van der Waals surface area contributed by atoms with Crippen LogP contribution in [0.15, 0.2) is 78.9 Å². The molecule has 3 aromatic carbocycles. The van der Waals surface area contributed by atoms with E-state index in [1.54, 1.807) is 0 Å². The van der Waals surface area contributed by atoms with Crippen LogP contribution < -0.4 is 5.32 Å². The Morgan fingerprint density at radius 2 is 1.62 bits per heavy atom. The summed E-state index contributed by atoms with van der Waals surface area (Å²) in [6.45, 7) is 4.36. The van der Waals surface area contributed by atoms with E-state index >= 15 is 0 Å². The van der Waals surface area contributed by atoms with Crippen LogP contribution in [0, 0.1) is 0 Å². The van der Waals surface area contributed by atoms with Crippen LogP contribution in [0.1, 0.15) is 36.4 Å². The molecular formula is C26H27N3O3. The number of nitrogens with one attached hydrogen (secondary N) is 1. The zero-order chi connectivity index (χ0) is 22.7. The van der Waals surface area contributed by atoms with E-state index in [4.69, 9.17) is 4.98 Å². The number of amides is 1. The molecule has 1 heterocycles. The first-order valence-electron chi connectivity index (χ1n) is 10.7. The maximum atomic E-state index is 12.2. The summed E-state index contributed by atoms with van der Waals surface area (Å²) in [4.78, 5) is 16.6. The maximum Gasteiger partial charge on any atom is 0.248 e. The molecule has 1 aromatic heterocycles. The zero-order valence-corrected chi connectivity index (χ0v) is 18.2. The Morgan fingerprint density at radius 3 is 2.16 bits per heavy atom. The molecule has 0 aliphatic carbocycles. The third-order valence-corrected chi connectivity index (χ3v) is 5.68. The molecule has 164 valence electrons. The smallest absolute Gasteiger partial charge is 0.248 e. The van der Waals surface area contributed by atoms with Crippen LogP contribution in [0.5, 0.6) is 0 Å². The number of rotatable bonds is 7. The summed E-state index contributed by atoms with van der Waals surface area (Å²) in [6, 6.07) is 24.9. The lowest BCUT2D eigenvalue weighted by molar-refractivity contribution is -0.128. The Labute approximate surface area is 187 Å². The molecule has 0 radical (unpaired) electrons. The minimum Gasteiger partial charge on any atom is -0.384 e. The lowest BCUT2D eigenvalue weighted by Gasteiger charge is -2.29. The number of aliphatic hydroxyl groups excluding tert-OH is 1. The van der Waals surface area contributed by atoms with Crippen LogP contribution in [-0.4, -0.2) is 31.8 Å². The number of aromatic nitrogens is 2. The van der Waals surface area contributed by atoms with Gasteiger partial charge in [0.2, 0.25) is 5.91 Å². The van der Waals surface area contributed by atoms with Gasteiger partial charge in [-0.05, 0) is 42.7 Å². The van der Waals surface area contributed by atoms with Crippen LogP contribution in [0.25, 0.3) is 11.0 Å². The number of hydrogen-bond donors (Lipinski definition) is 3. The van der Waals surface area contributed by atoms with E-state index in [0.717, 1.165) is 27.7 Å². The Morgan fingerprint density at radius 1 is 1.03 bits per heavy atom. The van der Waals surface area contributed by atoms with Gasteiger partial charge >= 0.3 is 0 Å². The van der Waals surface area contributed by atoms with Crippen molar-refractivity contribution in [3.63, 3.8) is 0 Å². The third-order valence-electron chi connectivity index (χ3n) is 5.68. The van der Waals surface area contributed by atoms with Crippen LogP contribution in [0.2, 0.25) is 0 Å². The summed E-state index contributed by atoms with van der Waals surface area (Å²) in [5, 5.41) is 24.3. The molecule has 0 aliphatic heterocycles. The number of aliphatic hydroxyl groups is 2. The third kappa shape index (κ3) is 3.90. The van der Waals surface area contributed by atoms with Gasteiger partial charge in [0.05, 0.1) is 11.0 Å². The van der Waals surface area contributed by atoms with E-state index in [1.807, 2.05) is 90.4 Å². The Kier molecular flexibility index (Phi) is 6.08. The molecule has 0 saturated heterocycles. The van der Waals surface area contributed by atoms with Gasteiger partial charge in [-0.2, -0.15) is 0 Å². The monoisotopic (exact) mass is 429 g/mol. The second-order valence-corrected chi connectivity index (χ2v) is 7.84. The van der Waals surface area contributed by atoms with Crippen molar-refractivity contribution in [2.45, 2.75) is 38.6 Å². The first-order chi connectivity index (χ1) is 15.4. The standard InChI is InChI=1S/C26H27N3O3/c1-3-29-23-16-19(17-27-24(31)18(2)30)14-15-22(23)28-25(29)26(32,20-10-6-4-7-11-20)21-12-8-5-9-13-21/h4-16,18,30,32H,3,17H2,1-2H3,(H,27,31)/t18-/m1/s1. The Bertz CT molecular complexity index is 1180. The highest BCUT2D eigenvalue weighted by atomic mass is 16.3. The fourth-order valence-electron chi connectivity index (χ4n) is 4.00. The van der Waals surface area contributed by atoms with Gasteiger partial charge in [0.1, 0.15) is 6.10 Å². The number of carbonyl (C=O) groups excluding carboxylic acids is 1. The molecule has 0 spiro atoms. The SMILES string of the molecule is CCn1c(C(O)(c2ccccc2)c2ccccc2)nc2ccc(CNC(=O)[C@@H](C)O)cc21. The number of benzene rings is 3. The number of nitrogens with zero attached hydrogens (tertiary/aromatic N) is 2. The second-order valence-electron chi connectivity index (χ2n) is 7.84. The first kappa shape index (κ1) is 21.7. The van der Waals surface area contributed by atoms with Crippen molar-refractivity contribution in [3.05, 3.63) is 101 Å². The van der Waals surface area contributed by atoms with Crippen molar-refractivity contribution in [2.75, 3.05) is 0 Å². The van der Waals surface area contributed by atoms with Crippen molar-refractivity contribution in [1.82, 2.24) is 14.9 Å². The number of hydrogen-bond acceptors (Lipinski definition) is 4. The first-order valence-corrected chi connectivity index (χ1v) is 10.7. The van der Waals surface area contributed by atoms with E-state index in [1.165, 1.54) is 6.92 Å². The van der Waals surface area contributed by atoms with E-state index in [2.05, 4.69) is 5.32 Å². The minimum atomic E-state index is -1.43. The predicted octanol–water partition coefficient (Wildman–Crippen LogP) is 3.34. The van der Waals surface area contributed by atoms with Gasteiger partial charge in [-0.15, -0.1) is 0 Å². The fraction of sp³-hybridized carbons (Fsp3) is 0.231. The highest BCUT2D eigenvalue weighted by molar-refractivity contribution is 5.80. The van der Waals surface area contributed by atoms with E-state index < -0.39 is 17.6 Å². The average molecular weight is 430 g/mol. The normalized spacial score (nSPS) is 12.6. The Hall–Kier alpha value is -3.48. The summed E-state index contributed by atoms with van der Waals surface area (Å²) in [6.07, 6.45) is -1.06. The van der Waals surface area contributed by atoms with E-state index in [9.17, 15) is 15.0 Å². The van der Waals surface area contributed by atoms with Crippen molar-refractivity contribution >= 4 is 16.9 Å². The molecule has 1 amide bonds. The molecule has 32 heavy (non-hydrogen) atoms. The van der Waals surface area contributed by atoms with Crippen LogP contribution in [-0.2, 0) is 23.5 Å². The summed E-state index contributed by atoms with van der Waals surface area (Å²) >= 11 is 0. The van der Waals surface area contributed by atoms with Crippen molar-refractivity contribution in [3.8, 4) is 0 Å². The van der Waals surface area contributed by atoms with Crippen LogP contribution in [0.4, 0.5) is 0 Å². The number of fused-ring (bicyclic) bond motifs is 1. The summed E-state index contributed by atoms with van der Waals surface area (Å²) in [7, 11) is 0. The van der Waals surface area contributed by atoms with Crippen LogP contribution >= 0.6 is 0 Å². The molecular weight excluding hydrogens is 402 g/mol. The molecule has 0 unspecified atom stereocenters. The molecule has 0 bridgehead atoms. The van der Waals surface area contributed by atoms with Crippen molar-refractivity contribution in [2.24, 2.45) is 0 Å². The molecule has 1 atom stereocenters. The number of aryl methyl sites for hydroxylation is 1. The molecule has 0 fully saturated rings. The van der Waals surface area contributed by atoms with Gasteiger partial charge in [0, 0.05) is 13.1 Å².